The molecular weight excluding hydrogens is 208 g/mol. The molecule has 0 aliphatic heterocycles. The zero-order valence-electron chi connectivity index (χ0n) is 10.5. The maximum Gasteiger partial charge on any atom is 0.182 e. The van der Waals surface area contributed by atoms with Crippen molar-refractivity contribution in [1.82, 2.24) is 0 Å². The van der Waals surface area contributed by atoms with E-state index in [0.29, 0.717) is 17.6 Å². The van der Waals surface area contributed by atoms with E-state index in [1.54, 1.807) is 6.07 Å². The topological polar surface area (TPSA) is 19.9 Å². The SMILES string of the molecule is [O]c1cccc(C2CCCC2)c1C1CCCC1. The Bertz CT molecular complexity index is 385. The van der Waals surface area contributed by atoms with Crippen LogP contribution < -0.4 is 0 Å². The standard InChI is InChI=1S/C16H21O/c17-15-11-5-10-14(12-6-1-2-7-12)16(15)13-8-3-4-9-13/h5,10-13H,1-4,6-9H2. The van der Waals surface area contributed by atoms with Crippen LogP contribution in [0.25, 0.3) is 0 Å². The molecule has 0 N–H and O–H groups in total. The molecule has 3 rings (SSSR count). The van der Waals surface area contributed by atoms with Gasteiger partial charge in [0.2, 0.25) is 0 Å². The van der Waals surface area contributed by atoms with Crippen molar-refractivity contribution in [2.75, 3.05) is 0 Å². The first kappa shape index (κ1) is 11.1. The maximum atomic E-state index is 12.2. The van der Waals surface area contributed by atoms with Gasteiger partial charge in [-0.2, -0.15) is 0 Å². The molecule has 91 valence electrons. The van der Waals surface area contributed by atoms with Gasteiger partial charge in [0.1, 0.15) is 0 Å². The first-order valence-corrected chi connectivity index (χ1v) is 7.16. The summed E-state index contributed by atoms with van der Waals surface area (Å²) >= 11 is 0. The van der Waals surface area contributed by atoms with Gasteiger partial charge >= 0.3 is 0 Å². The lowest BCUT2D eigenvalue weighted by Crippen LogP contribution is -2.03. The van der Waals surface area contributed by atoms with Crippen LogP contribution in [0.3, 0.4) is 0 Å². The summed E-state index contributed by atoms with van der Waals surface area (Å²) in [5, 5.41) is 12.2. The third kappa shape index (κ3) is 2.08. The highest BCUT2D eigenvalue weighted by atomic mass is 16.3. The second-order valence-corrected chi connectivity index (χ2v) is 5.72. The summed E-state index contributed by atoms with van der Waals surface area (Å²) < 4.78 is 0. The summed E-state index contributed by atoms with van der Waals surface area (Å²) in [6.07, 6.45) is 10.4. The summed E-state index contributed by atoms with van der Waals surface area (Å²) in [4.78, 5) is 0. The molecule has 0 saturated heterocycles. The Hall–Kier alpha value is -0.980. The molecule has 17 heavy (non-hydrogen) atoms. The van der Waals surface area contributed by atoms with Crippen molar-refractivity contribution in [1.29, 1.82) is 0 Å². The van der Waals surface area contributed by atoms with Crippen molar-refractivity contribution in [3.05, 3.63) is 29.3 Å². The number of benzene rings is 1. The van der Waals surface area contributed by atoms with Gasteiger partial charge in [0.05, 0.1) is 0 Å². The molecule has 0 bridgehead atoms. The minimum atomic E-state index is 0.307. The zero-order chi connectivity index (χ0) is 11.7. The van der Waals surface area contributed by atoms with Crippen molar-refractivity contribution < 1.29 is 5.11 Å². The third-order valence-corrected chi connectivity index (χ3v) is 4.66. The average molecular weight is 229 g/mol. The highest BCUT2D eigenvalue weighted by Gasteiger charge is 2.28. The molecule has 0 amide bonds. The highest BCUT2D eigenvalue weighted by Crippen LogP contribution is 2.45. The van der Waals surface area contributed by atoms with Crippen LogP contribution in [-0.4, -0.2) is 0 Å². The van der Waals surface area contributed by atoms with Crippen molar-refractivity contribution >= 4 is 0 Å². The third-order valence-electron chi connectivity index (χ3n) is 4.66. The second-order valence-electron chi connectivity index (χ2n) is 5.72. The van der Waals surface area contributed by atoms with Crippen LogP contribution in [0.4, 0.5) is 0 Å². The molecule has 0 heterocycles. The molecule has 0 spiro atoms. The van der Waals surface area contributed by atoms with Gasteiger partial charge in [-0.1, -0.05) is 37.8 Å². The lowest BCUT2D eigenvalue weighted by atomic mass is 9.85. The Labute approximate surface area is 104 Å². The van der Waals surface area contributed by atoms with Crippen molar-refractivity contribution in [2.24, 2.45) is 0 Å². The van der Waals surface area contributed by atoms with Crippen LogP contribution in [0, 0.1) is 0 Å². The molecule has 0 atom stereocenters. The van der Waals surface area contributed by atoms with Crippen LogP contribution in [0.5, 0.6) is 5.75 Å². The molecule has 1 nitrogen and oxygen atoms in total. The monoisotopic (exact) mass is 229 g/mol. The minimum absolute atomic E-state index is 0.307. The summed E-state index contributed by atoms with van der Waals surface area (Å²) in [7, 11) is 0. The molecule has 2 saturated carbocycles. The fraction of sp³-hybridized carbons (Fsp3) is 0.625. The summed E-state index contributed by atoms with van der Waals surface area (Å²) in [6.45, 7) is 0. The van der Waals surface area contributed by atoms with E-state index in [-0.39, 0.29) is 0 Å². The molecule has 2 fully saturated rings. The van der Waals surface area contributed by atoms with Gasteiger partial charge in [-0.3, -0.25) is 5.11 Å². The van der Waals surface area contributed by atoms with Gasteiger partial charge < -0.3 is 0 Å². The summed E-state index contributed by atoms with van der Waals surface area (Å²) in [5.74, 6) is 1.56. The number of hydrogen-bond acceptors (Lipinski definition) is 0. The van der Waals surface area contributed by atoms with E-state index in [0.717, 1.165) is 0 Å². The lowest BCUT2D eigenvalue weighted by Gasteiger charge is -2.20. The van der Waals surface area contributed by atoms with Crippen LogP contribution in [0.1, 0.15) is 74.3 Å². The summed E-state index contributed by atoms with van der Waals surface area (Å²) in [6, 6.07) is 5.96. The molecular formula is C16H21O. The first-order chi connectivity index (χ1) is 8.36. The smallest absolute Gasteiger partial charge is 0.182 e. The molecule has 0 aromatic heterocycles. The van der Waals surface area contributed by atoms with Crippen LogP contribution in [-0.2, 0) is 5.11 Å². The van der Waals surface area contributed by atoms with Gasteiger partial charge in [0.15, 0.2) is 5.75 Å². The molecule has 1 aromatic rings. The minimum Gasteiger partial charge on any atom is -0.290 e. The van der Waals surface area contributed by atoms with E-state index in [9.17, 15) is 5.11 Å². The van der Waals surface area contributed by atoms with E-state index in [2.05, 4.69) is 6.07 Å². The Balaban J connectivity index is 1.98. The van der Waals surface area contributed by atoms with Crippen LogP contribution in [0.2, 0.25) is 0 Å². The number of hydrogen-bond donors (Lipinski definition) is 0. The normalized spacial score (nSPS) is 22.4. The largest absolute Gasteiger partial charge is 0.290 e. The van der Waals surface area contributed by atoms with E-state index >= 15 is 0 Å². The number of rotatable bonds is 2. The van der Waals surface area contributed by atoms with E-state index in [1.807, 2.05) is 6.07 Å². The Morgan fingerprint density at radius 2 is 1.41 bits per heavy atom. The Morgan fingerprint density at radius 3 is 2.06 bits per heavy atom. The van der Waals surface area contributed by atoms with Gasteiger partial charge in [-0.25, -0.2) is 0 Å². The Kier molecular flexibility index (Phi) is 3.09. The predicted octanol–water partition coefficient (Wildman–Crippen LogP) is 5.15. The highest BCUT2D eigenvalue weighted by molar-refractivity contribution is 5.44. The fourth-order valence-corrected chi connectivity index (χ4v) is 3.81. The Morgan fingerprint density at radius 1 is 0.824 bits per heavy atom. The van der Waals surface area contributed by atoms with Crippen molar-refractivity contribution in [3.63, 3.8) is 0 Å². The van der Waals surface area contributed by atoms with E-state index < -0.39 is 0 Å². The van der Waals surface area contributed by atoms with Crippen LogP contribution in [0.15, 0.2) is 18.2 Å². The summed E-state index contributed by atoms with van der Waals surface area (Å²) in [5.41, 5.74) is 2.60. The molecule has 1 heteroatoms. The average Bonchev–Trinajstić information content (AvgIpc) is 3.02. The van der Waals surface area contributed by atoms with Crippen molar-refractivity contribution in [2.45, 2.75) is 63.2 Å². The molecule has 2 aliphatic rings. The molecule has 1 radical (unpaired) electrons. The van der Waals surface area contributed by atoms with Crippen LogP contribution >= 0.6 is 0 Å². The van der Waals surface area contributed by atoms with E-state index in [4.69, 9.17) is 0 Å². The second kappa shape index (κ2) is 4.72. The quantitative estimate of drug-likeness (QED) is 0.668. The van der Waals surface area contributed by atoms with Crippen molar-refractivity contribution in [3.8, 4) is 5.75 Å². The van der Waals surface area contributed by atoms with Gasteiger partial charge in [-0.05, 0) is 49.1 Å². The first-order valence-electron chi connectivity index (χ1n) is 7.16. The molecule has 0 unspecified atom stereocenters. The fourth-order valence-electron chi connectivity index (χ4n) is 3.81. The van der Waals surface area contributed by atoms with E-state index in [1.165, 1.54) is 62.5 Å². The predicted molar refractivity (Wildman–Crippen MR) is 69.0 cm³/mol. The maximum absolute atomic E-state index is 12.2. The van der Waals surface area contributed by atoms with Gasteiger partial charge in [0.25, 0.3) is 0 Å². The molecule has 2 aliphatic carbocycles. The zero-order valence-corrected chi connectivity index (χ0v) is 10.5. The lowest BCUT2D eigenvalue weighted by molar-refractivity contribution is 0.345. The molecule has 1 aromatic carbocycles. The van der Waals surface area contributed by atoms with Gasteiger partial charge in [0, 0.05) is 5.56 Å². The van der Waals surface area contributed by atoms with Gasteiger partial charge in [-0.15, -0.1) is 0 Å².